The molecule has 0 amide bonds. The standard InChI is InChI=1S/C15H28N2O/c1-15(2,3)18-14(13-5-4-6-13)17-11-12-7-9-16-10-8-12/h12,16-17H,4-11H2,1-3H3. The van der Waals surface area contributed by atoms with Gasteiger partial charge in [0.2, 0.25) is 0 Å². The van der Waals surface area contributed by atoms with Gasteiger partial charge in [-0.2, -0.15) is 0 Å². The van der Waals surface area contributed by atoms with E-state index in [9.17, 15) is 0 Å². The lowest BCUT2D eigenvalue weighted by Crippen LogP contribution is -2.36. The van der Waals surface area contributed by atoms with E-state index in [1.807, 2.05) is 0 Å². The molecule has 2 aliphatic rings. The van der Waals surface area contributed by atoms with E-state index in [-0.39, 0.29) is 5.60 Å². The molecule has 0 atom stereocenters. The number of ether oxygens (including phenoxy) is 1. The van der Waals surface area contributed by atoms with Crippen LogP contribution in [0.4, 0.5) is 0 Å². The minimum Gasteiger partial charge on any atom is -0.474 e. The summed E-state index contributed by atoms with van der Waals surface area (Å²) in [5, 5.41) is 6.99. The third-order valence-corrected chi connectivity index (χ3v) is 3.70. The molecule has 18 heavy (non-hydrogen) atoms. The molecule has 1 heterocycles. The molecule has 0 aromatic rings. The summed E-state index contributed by atoms with van der Waals surface area (Å²) in [6.07, 6.45) is 6.31. The molecule has 104 valence electrons. The van der Waals surface area contributed by atoms with Crippen LogP contribution in [0, 0.1) is 5.92 Å². The van der Waals surface area contributed by atoms with E-state index in [0.29, 0.717) is 0 Å². The predicted molar refractivity (Wildman–Crippen MR) is 75.3 cm³/mol. The van der Waals surface area contributed by atoms with Crippen molar-refractivity contribution < 1.29 is 4.74 Å². The molecule has 0 bridgehead atoms. The Kier molecular flexibility index (Phi) is 4.55. The van der Waals surface area contributed by atoms with Gasteiger partial charge < -0.3 is 15.4 Å². The highest BCUT2D eigenvalue weighted by Crippen LogP contribution is 2.30. The van der Waals surface area contributed by atoms with E-state index in [0.717, 1.165) is 18.3 Å². The lowest BCUT2D eigenvalue weighted by atomic mass is 9.92. The molecule has 2 N–H and O–H groups in total. The van der Waals surface area contributed by atoms with Crippen molar-refractivity contribution in [3.8, 4) is 0 Å². The van der Waals surface area contributed by atoms with E-state index in [2.05, 4.69) is 31.4 Å². The number of hydrogen-bond acceptors (Lipinski definition) is 3. The third kappa shape index (κ3) is 4.20. The lowest BCUT2D eigenvalue weighted by Gasteiger charge is -2.31. The van der Waals surface area contributed by atoms with E-state index in [4.69, 9.17) is 4.74 Å². The fourth-order valence-electron chi connectivity index (χ4n) is 2.44. The van der Waals surface area contributed by atoms with Gasteiger partial charge in [0.1, 0.15) is 5.60 Å². The van der Waals surface area contributed by atoms with Gasteiger partial charge in [-0.3, -0.25) is 0 Å². The van der Waals surface area contributed by atoms with Gasteiger partial charge in [0, 0.05) is 6.54 Å². The van der Waals surface area contributed by atoms with Crippen LogP contribution in [0.5, 0.6) is 0 Å². The van der Waals surface area contributed by atoms with Crippen molar-refractivity contribution in [2.24, 2.45) is 5.92 Å². The molecule has 1 aliphatic carbocycles. The third-order valence-electron chi connectivity index (χ3n) is 3.70. The van der Waals surface area contributed by atoms with Crippen LogP contribution in [0.15, 0.2) is 11.5 Å². The molecule has 1 aliphatic heterocycles. The van der Waals surface area contributed by atoms with Crippen LogP contribution >= 0.6 is 0 Å². The number of piperidine rings is 1. The zero-order valence-corrected chi connectivity index (χ0v) is 12.1. The molecule has 3 nitrogen and oxygen atoms in total. The molecule has 0 radical (unpaired) electrons. The minimum absolute atomic E-state index is 0.0982. The Morgan fingerprint density at radius 1 is 1.28 bits per heavy atom. The predicted octanol–water partition coefficient (Wildman–Crippen LogP) is 2.79. The topological polar surface area (TPSA) is 33.3 Å². The number of nitrogens with one attached hydrogen (secondary N) is 2. The normalized spacial score (nSPS) is 21.4. The van der Waals surface area contributed by atoms with Crippen LogP contribution in [-0.4, -0.2) is 25.2 Å². The summed E-state index contributed by atoms with van der Waals surface area (Å²) in [5.41, 5.74) is 1.39. The zero-order chi connectivity index (χ0) is 13.0. The molecular weight excluding hydrogens is 224 g/mol. The molecule has 2 rings (SSSR count). The average Bonchev–Trinajstić information content (AvgIpc) is 2.23. The summed E-state index contributed by atoms with van der Waals surface area (Å²) < 4.78 is 6.09. The second-order valence-electron chi connectivity index (χ2n) is 6.57. The van der Waals surface area contributed by atoms with Gasteiger partial charge in [-0.25, -0.2) is 0 Å². The van der Waals surface area contributed by atoms with E-state index in [1.54, 1.807) is 0 Å². The smallest absolute Gasteiger partial charge is 0.186 e. The number of hydrogen-bond donors (Lipinski definition) is 2. The van der Waals surface area contributed by atoms with Crippen LogP contribution in [0.2, 0.25) is 0 Å². The maximum atomic E-state index is 6.09. The number of rotatable bonds is 4. The van der Waals surface area contributed by atoms with Crippen molar-refractivity contribution in [2.75, 3.05) is 19.6 Å². The quantitative estimate of drug-likeness (QED) is 0.755. The molecule has 2 fully saturated rings. The first-order valence-corrected chi connectivity index (χ1v) is 7.40. The summed E-state index contributed by atoms with van der Waals surface area (Å²) in [6.45, 7) is 9.77. The van der Waals surface area contributed by atoms with Crippen LogP contribution in [0.1, 0.15) is 52.9 Å². The van der Waals surface area contributed by atoms with E-state index >= 15 is 0 Å². The highest BCUT2D eigenvalue weighted by molar-refractivity contribution is 5.14. The lowest BCUT2D eigenvalue weighted by molar-refractivity contribution is 0.0345. The fourth-order valence-corrected chi connectivity index (χ4v) is 2.44. The fraction of sp³-hybridized carbons (Fsp3) is 0.867. The molecule has 0 spiro atoms. The van der Waals surface area contributed by atoms with Crippen LogP contribution in [0.3, 0.4) is 0 Å². The van der Waals surface area contributed by atoms with Crippen molar-refractivity contribution in [3.05, 3.63) is 11.5 Å². The van der Waals surface area contributed by atoms with Crippen molar-refractivity contribution in [3.63, 3.8) is 0 Å². The second-order valence-corrected chi connectivity index (χ2v) is 6.57. The monoisotopic (exact) mass is 252 g/mol. The summed E-state index contributed by atoms with van der Waals surface area (Å²) in [6, 6.07) is 0. The van der Waals surface area contributed by atoms with Gasteiger partial charge in [-0.05, 0) is 77.5 Å². The summed E-state index contributed by atoms with van der Waals surface area (Å²) in [7, 11) is 0. The van der Waals surface area contributed by atoms with Gasteiger partial charge in [0.05, 0.1) is 0 Å². The van der Waals surface area contributed by atoms with Gasteiger partial charge in [0.15, 0.2) is 5.88 Å². The Morgan fingerprint density at radius 3 is 2.44 bits per heavy atom. The highest BCUT2D eigenvalue weighted by atomic mass is 16.5. The van der Waals surface area contributed by atoms with Crippen LogP contribution < -0.4 is 10.6 Å². The van der Waals surface area contributed by atoms with Gasteiger partial charge in [-0.15, -0.1) is 0 Å². The Balaban J connectivity index is 1.85. The van der Waals surface area contributed by atoms with Gasteiger partial charge >= 0.3 is 0 Å². The Bertz CT molecular complexity index is 292. The highest BCUT2D eigenvalue weighted by Gasteiger charge is 2.22. The van der Waals surface area contributed by atoms with Gasteiger partial charge in [-0.1, -0.05) is 0 Å². The van der Waals surface area contributed by atoms with Gasteiger partial charge in [0.25, 0.3) is 0 Å². The Labute approximate surface area is 111 Å². The zero-order valence-electron chi connectivity index (χ0n) is 12.1. The summed E-state index contributed by atoms with van der Waals surface area (Å²) in [4.78, 5) is 0. The average molecular weight is 252 g/mol. The maximum Gasteiger partial charge on any atom is 0.186 e. The maximum absolute atomic E-state index is 6.09. The first-order chi connectivity index (χ1) is 8.54. The molecule has 0 aromatic heterocycles. The summed E-state index contributed by atoms with van der Waals surface area (Å²) >= 11 is 0. The molecule has 1 saturated carbocycles. The van der Waals surface area contributed by atoms with Crippen LogP contribution in [0.25, 0.3) is 0 Å². The Hall–Kier alpha value is -0.700. The molecule has 3 heteroatoms. The summed E-state index contributed by atoms with van der Waals surface area (Å²) in [5.74, 6) is 1.87. The first-order valence-electron chi connectivity index (χ1n) is 7.40. The SMILES string of the molecule is CC(C)(C)OC(NCC1CCNCC1)=C1CCC1. The Morgan fingerprint density at radius 2 is 1.94 bits per heavy atom. The molecular formula is C15H28N2O. The van der Waals surface area contributed by atoms with Crippen molar-refractivity contribution >= 4 is 0 Å². The second kappa shape index (κ2) is 5.96. The molecule has 0 aromatic carbocycles. The van der Waals surface area contributed by atoms with Crippen molar-refractivity contribution in [2.45, 2.75) is 58.5 Å². The van der Waals surface area contributed by atoms with Crippen molar-refractivity contribution in [1.82, 2.24) is 10.6 Å². The van der Waals surface area contributed by atoms with E-state index < -0.39 is 0 Å². The minimum atomic E-state index is -0.0982. The van der Waals surface area contributed by atoms with E-state index in [1.165, 1.54) is 50.8 Å². The van der Waals surface area contributed by atoms with Crippen molar-refractivity contribution in [1.29, 1.82) is 0 Å². The first kappa shape index (κ1) is 13.7. The molecule has 0 unspecified atom stereocenters. The largest absolute Gasteiger partial charge is 0.474 e. The van der Waals surface area contributed by atoms with Crippen LogP contribution in [-0.2, 0) is 4.74 Å². The number of allylic oxidation sites excluding steroid dienone is 1. The molecule has 1 saturated heterocycles.